The minimum absolute atomic E-state index is 0.0289. The van der Waals surface area contributed by atoms with Crippen molar-refractivity contribution in [3.8, 4) is 0 Å². The second kappa shape index (κ2) is 7.85. The lowest BCUT2D eigenvalue weighted by atomic mass is 9.74. The summed E-state index contributed by atoms with van der Waals surface area (Å²) in [5, 5.41) is 14.6. The summed E-state index contributed by atoms with van der Waals surface area (Å²) in [6.07, 6.45) is 3.96. The first kappa shape index (κ1) is 17.3. The molecule has 0 radical (unpaired) electrons. The first-order valence-corrected chi connectivity index (χ1v) is 7.42. The summed E-state index contributed by atoms with van der Waals surface area (Å²) in [5.74, 6) is -1.10. The number of hydrogen-bond donors (Lipinski definition) is 3. The second-order valence-electron chi connectivity index (χ2n) is 5.49. The zero-order valence-corrected chi connectivity index (χ0v) is 12.8. The van der Waals surface area contributed by atoms with Crippen molar-refractivity contribution in [1.29, 1.82) is 0 Å². The fraction of sp³-hybridized carbons (Fsp3) is 0.786. The fourth-order valence-electron chi connectivity index (χ4n) is 2.63. The van der Waals surface area contributed by atoms with E-state index in [1.807, 2.05) is 0 Å². The van der Waals surface area contributed by atoms with Crippen LogP contribution in [0.15, 0.2) is 0 Å². The Morgan fingerprint density at radius 3 is 2.29 bits per heavy atom. The van der Waals surface area contributed by atoms with Gasteiger partial charge in [0.2, 0.25) is 5.91 Å². The molecule has 3 amide bonds. The van der Waals surface area contributed by atoms with Crippen molar-refractivity contribution in [2.75, 3.05) is 26.7 Å². The molecule has 0 aromatic heterocycles. The van der Waals surface area contributed by atoms with Crippen molar-refractivity contribution >= 4 is 17.9 Å². The van der Waals surface area contributed by atoms with Gasteiger partial charge in [-0.3, -0.25) is 9.59 Å². The maximum atomic E-state index is 12.1. The molecule has 21 heavy (non-hydrogen) atoms. The van der Waals surface area contributed by atoms with Gasteiger partial charge in [-0.15, -0.1) is 0 Å². The molecule has 0 spiro atoms. The molecule has 3 N–H and O–H groups in total. The van der Waals surface area contributed by atoms with Crippen LogP contribution in [0.25, 0.3) is 0 Å². The van der Waals surface area contributed by atoms with E-state index in [1.165, 1.54) is 11.9 Å². The zero-order chi connectivity index (χ0) is 15.9. The Bertz CT molecular complexity index is 392. The molecular weight excluding hydrogens is 274 g/mol. The van der Waals surface area contributed by atoms with Crippen LogP contribution in [-0.4, -0.2) is 54.6 Å². The Morgan fingerprint density at radius 2 is 1.81 bits per heavy atom. The van der Waals surface area contributed by atoms with Crippen LogP contribution in [0.5, 0.6) is 0 Å². The van der Waals surface area contributed by atoms with E-state index in [4.69, 9.17) is 0 Å². The Balaban J connectivity index is 2.59. The van der Waals surface area contributed by atoms with Crippen molar-refractivity contribution in [3.05, 3.63) is 0 Å². The van der Waals surface area contributed by atoms with E-state index in [2.05, 4.69) is 10.6 Å². The van der Waals surface area contributed by atoms with Gasteiger partial charge >= 0.3 is 12.0 Å². The van der Waals surface area contributed by atoms with Crippen LogP contribution in [0.3, 0.4) is 0 Å². The van der Waals surface area contributed by atoms with Crippen molar-refractivity contribution in [3.63, 3.8) is 0 Å². The van der Waals surface area contributed by atoms with Crippen molar-refractivity contribution in [2.24, 2.45) is 5.41 Å². The van der Waals surface area contributed by atoms with Gasteiger partial charge in [0, 0.05) is 20.1 Å². The van der Waals surface area contributed by atoms with Crippen LogP contribution in [-0.2, 0) is 9.59 Å². The third kappa shape index (κ3) is 4.61. The SMILES string of the molecule is CCN(CC(=O)NC)C(=O)NCC1(C(=O)O)CCCCC1. The summed E-state index contributed by atoms with van der Waals surface area (Å²) < 4.78 is 0. The van der Waals surface area contributed by atoms with E-state index < -0.39 is 17.4 Å². The molecule has 0 bridgehead atoms. The summed E-state index contributed by atoms with van der Waals surface area (Å²) in [6.45, 7) is 2.25. The summed E-state index contributed by atoms with van der Waals surface area (Å²) >= 11 is 0. The quantitative estimate of drug-likeness (QED) is 0.675. The van der Waals surface area contributed by atoms with Gasteiger partial charge in [-0.2, -0.15) is 0 Å². The van der Waals surface area contributed by atoms with Gasteiger partial charge in [-0.1, -0.05) is 19.3 Å². The maximum Gasteiger partial charge on any atom is 0.317 e. The van der Waals surface area contributed by atoms with Crippen LogP contribution in [0.4, 0.5) is 4.79 Å². The van der Waals surface area contributed by atoms with Crippen molar-refractivity contribution < 1.29 is 19.5 Å². The van der Waals surface area contributed by atoms with E-state index in [1.54, 1.807) is 6.92 Å². The van der Waals surface area contributed by atoms with E-state index in [0.29, 0.717) is 19.4 Å². The molecule has 0 aromatic rings. The second-order valence-corrected chi connectivity index (χ2v) is 5.49. The monoisotopic (exact) mass is 299 g/mol. The number of hydrogen-bond acceptors (Lipinski definition) is 3. The van der Waals surface area contributed by atoms with Crippen LogP contribution < -0.4 is 10.6 Å². The molecule has 0 heterocycles. The molecule has 1 rings (SSSR count). The van der Waals surface area contributed by atoms with Gasteiger partial charge in [0.05, 0.1) is 5.41 Å². The van der Waals surface area contributed by atoms with Gasteiger partial charge in [0.25, 0.3) is 0 Å². The number of likely N-dealkylation sites (N-methyl/N-ethyl adjacent to an activating group) is 2. The van der Waals surface area contributed by atoms with E-state index in [-0.39, 0.29) is 19.0 Å². The summed E-state index contributed by atoms with van der Waals surface area (Å²) in [5.41, 5.74) is -0.861. The number of carboxylic acid groups (broad SMARTS) is 1. The highest BCUT2D eigenvalue weighted by molar-refractivity contribution is 5.84. The van der Waals surface area contributed by atoms with Gasteiger partial charge in [-0.25, -0.2) is 4.79 Å². The topological polar surface area (TPSA) is 98.7 Å². The molecule has 0 atom stereocenters. The molecule has 0 unspecified atom stereocenters. The molecule has 1 aliphatic carbocycles. The average molecular weight is 299 g/mol. The Morgan fingerprint density at radius 1 is 1.19 bits per heavy atom. The number of nitrogens with zero attached hydrogens (tertiary/aromatic N) is 1. The first-order valence-electron chi connectivity index (χ1n) is 7.42. The molecule has 120 valence electrons. The molecule has 0 saturated heterocycles. The minimum atomic E-state index is -0.861. The van der Waals surface area contributed by atoms with Gasteiger partial charge in [-0.05, 0) is 19.8 Å². The highest BCUT2D eigenvalue weighted by Crippen LogP contribution is 2.36. The number of carboxylic acids is 1. The van der Waals surface area contributed by atoms with Crippen molar-refractivity contribution in [2.45, 2.75) is 39.0 Å². The molecule has 0 aliphatic heterocycles. The van der Waals surface area contributed by atoms with Gasteiger partial charge in [0.15, 0.2) is 0 Å². The molecular formula is C14H25N3O4. The fourth-order valence-corrected chi connectivity index (χ4v) is 2.63. The standard InChI is InChI=1S/C14H25N3O4/c1-3-17(9-11(18)15-2)13(21)16-10-14(12(19)20)7-5-4-6-8-14/h3-10H2,1-2H3,(H,15,18)(H,16,21)(H,19,20). The zero-order valence-electron chi connectivity index (χ0n) is 12.8. The Hall–Kier alpha value is -1.79. The van der Waals surface area contributed by atoms with E-state index in [0.717, 1.165) is 19.3 Å². The number of nitrogens with one attached hydrogen (secondary N) is 2. The maximum absolute atomic E-state index is 12.1. The minimum Gasteiger partial charge on any atom is -0.481 e. The summed E-state index contributed by atoms with van der Waals surface area (Å²) in [6, 6.07) is -0.396. The first-order chi connectivity index (χ1) is 9.95. The summed E-state index contributed by atoms with van der Waals surface area (Å²) in [7, 11) is 1.51. The third-order valence-corrected chi connectivity index (χ3v) is 4.12. The predicted octanol–water partition coefficient (Wildman–Crippen LogP) is 0.799. The lowest BCUT2D eigenvalue weighted by molar-refractivity contribution is -0.150. The average Bonchev–Trinajstić information content (AvgIpc) is 2.50. The molecule has 1 aliphatic rings. The number of urea groups is 1. The lowest BCUT2D eigenvalue weighted by Crippen LogP contribution is -2.50. The number of amides is 3. The predicted molar refractivity (Wildman–Crippen MR) is 77.9 cm³/mol. The molecule has 1 fully saturated rings. The number of aliphatic carboxylic acids is 1. The largest absolute Gasteiger partial charge is 0.481 e. The van der Waals surface area contributed by atoms with Crippen LogP contribution in [0, 0.1) is 5.41 Å². The van der Waals surface area contributed by atoms with E-state index in [9.17, 15) is 19.5 Å². The van der Waals surface area contributed by atoms with Crippen LogP contribution >= 0.6 is 0 Å². The number of carbonyl (C=O) groups is 3. The van der Waals surface area contributed by atoms with Crippen LogP contribution in [0.2, 0.25) is 0 Å². The highest BCUT2D eigenvalue weighted by Gasteiger charge is 2.40. The van der Waals surface area contributed by atoms with E-state index >= 15 is 0 Å². The molecule has 7 nitrogen and oxygen atoms in total. The third-order valence-electron chi connectivity index (χ3n) is 4.12. The molecule has 0 aromatic carbocycles. The normalized spacial score (nSPS) is 16.9. The molecule has 1 saturated carbocycles. The summed E-state index contributed by atoms with van der Waals surface area (Å²) in [4.78, 5) is 36.3. The molecule has 7 heteroatoms. The number of carbonyl (C=O) groups excluding carboxylic acids is 2. The van der Waals surface area contributed by atoms with Gasteiger partial charge in [0.1, 0.15) is 6.54 Å². The number of rotatable bonds is 6. The Labute approximate surface area is 125 Å². The smallest absolute Gasteiger partial charge is 0.317 e. The lowest BCUT2D eigenvalue weighted by Gasteiger charge is -2.34. The van der Waals surface area contributed by atoms with Crippen LogP contribution in [0.1, 0.15) is 39.0 Å². The Kier molecular flexibility index (Phi) is 6.45. The highest BCUT2D eigenvalue weighted by atomic mass is 16.4. The van der Waals surface area contributed by atoms with Gasteiger partial charge < -0.3 is 20.6 Å². The van der Waals surface area contributed by atoms with Crippen molar-refractivity contribution in [1.82, 2.24) is 15.5 Å².